The van der Waals surface area contributed by atoms with Crippen molar-refractivity contribution in [2.24, 2.45) is 5.92 Å². The number of hydrogen-bond acceptors (Lipinski definition) is 3. The molecule has 0 heterocycles. The number of nitrogens with one attached hydrogen (secondary N) is 1. The van der Waals surface area contributed by atoms with Crippen molar-refractivity contribution >= 4 is 23.0 Å². The average molecular weight is 270 g/mol. The molecule has 1 rings (SSSR count). The zero-order chi connectivity index (χ0) is 13.7. The lowest BCUT2D eigenvalue weighted by Crippen LogP contribution is -2.33. The zero-order valence-corrected chi connectivity index (χ0v) is 12.5. The molecule has 102 valence electrons. The van der Waals surface area contributed by atoms with E-state index in [9.17, 15) is 0 Å². The first-order chi connectivity index (χ1) is 8.38. The fourth-order valence-corrected chi connectivity index (χ4v) is 2.23. The SMILES string of the molecule is CC(C)CC(CN(C)C)Nc1cc(Cl)ccc1N. The number of rotatable bonds is 6. The summed E-state index contributed by atoms with van der Waals surface area (Å²) in [6, 6.07) is 5.92. The largest absolute Gasteiger partial charge is 0.397 e. The van der Waals surface area contributed by atoms with Crippen LogP contribution in [0.3, 0.4) is 0 Å². The van der Waals surface area contributed by atoms with E-state index in [1.807, 2.05) is 18.2 Å². The smallest absolute Gasteiger partial charge is 0.0591 e. The molecule has 0 radical (unpaired) electrons. The van der Waals surface area contributed by atoms with Crippen LogP contribution in [-0.4, -0.2) is 31.6 Å². The molecule has 0 spiro atoms. The molecule has 0 aliphatic rings. The Kier molecular flexibility index (Phi) is 5.76. The predicted molar refractivity (Wildman–Crippen MR) is 81.3 cm³/mol. The van der Waals surface area contributed by atoms with Gasteiger partial charge in [-0.1, -0.05) is 25.4 Å². The summed E-state index contributed by atoms with van der Waals surface area (Å²) < 4.78 is 0. The van der Waals surface area contributed by atoms with Gasteiger partial charge in [-0.05, 0) is 44.6 Å². The monoisotopic (exact) mass is 269 g/mol. The lowest BCUT2D eigenvalue weighted by Gasteiger charge is -2.25. The topological polar surface area (TPSA) is 41.3 Å². The molecule has 3 N–H and O–H groups in total. The van der Waals surface area contributed by atoms with Crippen LogP contribution in [0.2, 0.25) is 5.02 Å². The van der Waals surface area contributed by atoms with Gasteiger partial charge in [0.1, 0.15) is 0 Å². The summed E-state index contributed by atoms with van der Waals surface area (Å²) in [6.07, 6.45) is 1.10. The van der Waals surface area contributed by atoms with Gasteiger partial charge in [0.2, 0.25) is 0 Å². The zero-order valence-electron chi connectivity index (χ0n) is 11.7. The van der Waals surface area contributed by atoms with Crippen LogP contribution in [0.15, 0.2) is 18.2 Å². The van der Waals surface area contributed by atoms with Crippen molar-refractivity contribution < 1.29 is 0 Å². The molecular weight excluding hydrogens is 246 g/mol. The number of benzene rings is 1. The maximum atomic E-state index is 6.01. The Morgan fingerprint density at radius 3 is 2.56 bits per heavy atom. The Balaban J connectivity index is 2.77. The van der Waals surface area contributed by atoms with Crippen LogP contribution in [0.4, 0.5) is 11.4 Å². The number of halogens is 1. The number of anilines is 2. The van der Waals surface area contributed by atoms with Crippen LogP contribution in [0, 0.1) is 5.92 Å². The standard InChI is InChI=1S/C14H24ClN3/c1-10(2)7-12(9-18(3)4)17-14-8-11(15)5-6-13(14)16/h5-6,8,10,12,17H,7,9,16H2,1-4H3. The average Bonchev–Trinajstić information content (AvgIpc) is 2.21. The summed E-state index contributed by atoms with van der Waals surface area (Å²) in [5.41, 5.74) is 7.63. The Bertz CT molecular complexity index is 367. The molecule has 1 aromatic rings. The minimum Gasteiger partial charge on any atom is -0.397 e. The number of nitrogen functional groups attached to an aromatic ring is 1. The maximum Gasteiger partial charge on any atom is 0.0591 e. The van der Waals surface area contributed by atoms with E-state index >= 15 is 0 Å². The lowest BCUT2D eigenvalue weighted by molar-refractivity contribution is 0.356. The first-order valence-electron chi connectivity index (χ1n) is 6.34. The molecule has 0 aromatic heterocycles. The Hall–Kier alpha value is -0.930. The fraction of sp³-hybridized carbons (Fsp3) is 0.571. The minimum absolute atomic E-state index is 0.376. The van der Waals surface area contributed by atoms with E-state index in [4.69, 9.17) is 17.3 Å². The predicted octanol–water partition coefficient (Wildman–Crippen LogP) is 3.31. The van der Waals surface area contributed by atoms with Crippen molar-refractivity contribution in [2.75, 3.05) is 31.7 Å². The van der Waals surface area contributed by atoms with Crippen molar-refractivity contribution in [3.05, 3.63) is 23.2 Å². The van der Waals surface area contributed by atoms with Gasteiger partial charge >= 0.3 is 0 Å². The van der Waals surface area contributed by atoms with Gasteiger partial charge in [-0.3, -0.25) is 0 Å². The molecule has 1 atom stereocenters. The minimum atomic E-state index is 0.376. The van der Waals surface area contributed by atoms with E-state index in [0.29, 0.717) is 17.0 Å². The molecule has 0 aliphatic heterocycles. The number of nitrogens with two attached hydrogens (primary N) is 1. The molecule has 0 bridgehead atoms. The van der Waals surface area contributed by atoms with Gasteiger partial charge in [0.05, 0.1) is 11.4 Å². The summed E-state index contributed by atoms with van der Waals surface area (Å²) in [6.45, 7) is 5.43. The van der Waals surface area contributed by atoms with Crippen LogP contribution < -0.4 is 11.1 Å². The molecule has 0 aliphatic carbocycles. The van der Waals surface area contributed by atoms with Gasteiger partial charge < -0.3 is 16.0 Å². The van der Waals surface area contributed by atoms with E-state index < -0.39 is 0 Å². The number of hydrogen-bond donors (Lipinski definition) is 2. The Morgan fingerprint density at radius 2 is 2.00 bits per heavy atom. The van der Waals surface area contributed by atoms with E-state index in [2.05, 4.69) is 38.2 Å². The third kappa shape index (κ3) is 5.15. The Labute approximate surface area is 115 Å². The maximum absolute atomic E-state index is 6.01. The van der Waals surface area contributed by atoms with Gasteiger partial charge in [-0.15, -0.1) is 0 Å². The molecular formula is C14H24ClN3. The van der Waals surface area contributed by atoms with Crippen LogP contribution in [-0.2, 0) is 0 Å². The van der Waals surface area contributed by atoms with Crippen molar-refractivity contribution in [3.8, 4) is 0 Å². The highest BCUT2D eigenvalue weighted by atomic mass is 35.5. The summed E-state index contributed by atoms with van der Waals surface area (Å²) in [5, 5.41) is 4.21. The molecule has 1 unspecified atom stereocenters. The van der Waals surface area contributed by atoms with Gasteiger partial charge in [-0.25, -0.2) is 0 Å². The van der Waals surface area contributed by atoms with Crippen molar-refractivity contribution in [2.45, 2.75) is 26.3 Å². The molecule has 4 heteroatoms. The molecule has 18 heavy (non-hydrogen) atoms. The van der Waals surface area contributed by atoms with E-state index in [1.165, 1.54) is 0 Å². The second kappa shape index (κ2) is 6.86. The first kappa shape index (κ1) is 15.1. The summed E-state index contributed by atoms with van der Waals surface area (Å²) in [4.78, 5) is 2.18. The summed E-state index contributed by atoms with van der Waals surface area (Å²) in [7, 11) is 4.16. The van der Waals surface area contributed by atoms with Crippen LogP contribution in [0.25, 0.3) is 0 Å². The highest BCUT2D eigenvalue weighted by Crippen LogP contribution is 2.24. The molecule has 1 aromatic carbocycles. The summed E-state index contributed by atoms with van der Waals surface area (Å²) in [5.74, 6) is 0.642. The van der Waals surface area contributed by atoms with Gasteiger partial charge in [0.25, 0.3) is 0 Å². The summed E-state index contributed by atoms with van der Waals surface area (Å²) >= 11 is 6.01. The quantitative estimate of drug-likeness (QED) is 0.779. The third-order valence-electron chi connectivity index (χ3n) is 2.72. The highest BCUT2D eigenvalue weighted by molar-refractivity contribution is 6.31. The highest BCUT2D eigenvalue weighted by Gasteiger charge is 2.13. The second-order valence-corrected chi connectivity index (χ2v) is 5.90. The molecule has 0 saturated heterocycles. The van der Waals surface area contributed by atoms with Crippen molar-refractivity contribution in [1.82, 2.24) is 4.90 Å². The van der Waals surface area contributed by atoms with E-state index in [1.54, 1.807) is 0 Å². The van der Waals surface area contributed by atoms with Crippen LogP contribution >= 0.6 is 11.6 Å². The fourth-order valence-electron chi connectivity index (χ4n) is 2.06. The molecule has 0 amide bonds. The second-order valence-electron chi connectivity index (χ2n) is 5.46. The molecule has 0 fully saturated rings. The van der Waals surface area contributed by atoms with Crippen molar-refractivity contribution in [1.29, 1.82) is 0 Å². The van der Waals surface area contributed by atoms with Crippen LogP contribution in [0.5, 0.6) is 0 Å². The van der Waals surface area contributed by atoms with E-state index in [-0.39, 0.29) is 0 Å². The van der Waals surface area contributed by atoms with Gasteiger partial charge in [-0.2, -0.15) is 0 Å². The van der Waals surface area contributed by atoms with Gasteiger partial charge in [0, 0.05) is 17.6 Å². The lowest BCUT2D eigenvalue weighted by atomic mass is 10.0. The van der Waals surface area contributed by atoms with E-state index in [0.717, 1.165) is 24.3 Å². The molecule has 3 nitrogen and oxygen atoms in total. The third-order valence-corrected chi connectivity index (χ3v) is 2.95. The van der Waals surface area contributed by atoms with Crippen LogP contribution in [0.1, 0.15) is 20.3 Å². The Morgan fingerprint density at radius 1 is 1.33 bits per heavy atom. The number of nitrogens with zero attached hydrogens (tertiary/aromatic N) is 1. The van der Waals surface area contributed by atoms with Gasteiger partial charge in [0.15, 0.2) is 0 Å². The normalized spacial score (nSPS) is 13.1. The first-order valence-corrected chi connectivity index (χ1v) is 6.72. The van der Waals surface area contributed by atoms with Crippen molar-refractivity contribution in [3.63, 3.8) is 0 Å². The number of likely N-dealkylation sites (N-methyl/N-ethyl adjacent to an activating group) is 1. The molecule has 0 saturated carbocycles.